The highest BCUT2D eigenvalue weighted by Crippen LogP contribution is 2.32. The number of hydrogen-bond acceptors (Lipinski definition) is 5. The maximum atomic E-state index is 13.1. The van der Waals surface area contributed by atoms with Gasteiger partial charge in [-0.25, -0.2) is 0 Å². The average molecular weight is 394 g/mol. The van der Waals surface area contributed by atoms with Gasteiger partial charge < -0.3 is 10.0 Å². The largest absolute Gasteiger partial charge is 0.416 e. The van der Waals surface area contributed by atoms with E-state index in [9.17, 15) is 18.3 Å². The Morgan fingerprint density at radius 2 is 1.82 bits per heavy atom. The van der Waals surface area contributed by atoms with Crippen LogP contribution >= 0.6 is 0 Å². The molecule has 3 rings (SSSR count). The molecule has 152 valence electrons. The van der Waals surface area contributed by atoms with Crippen LogP contribution in [0.1, 0.15) is 23.2 Å². The zero-order valence-electron chi connectivity index (χ0n) is 15.9. The normalized spacial score (nSPS) is 17.4. The molecule has 1 saturated heterocycles. The number of hydrogen-bond donors (Lipinski definition) is 1. The first-order chi connectivity index (χ1) is 13.3. The first-order valence-corrected chi connectivity index (χ1v) is 9.44. The summed E-state index contributed by atoms with van der Waals surface area (Å²) in [5.41, 5.74) is 0.324. The number of aromatic nitrogens is 2. The van der Waals surface area contributed by atoms with Crippen LogP contribution in [0.25, 0.3) is 0 Å². The highest BCUT2D eigenvalue weighted by Gasteiger charge is 2.33. The molecule has 1 aliphatic heterocycles. The van der Waals surface area contributed by atoms with Crippen molar-refractivity contribution in [2.24, 2.45) is 0 Å². The van der Waals surface area contributed by atoms with E-state index in [-0.39, 0.29) is 12.0 Å². The van der Waals surface area contributed by atoms with Crippen LogP contribution in [0.15, 0.2) is 36.4 Å². The summed E-state index contributed by atoms with van der Waals surface area (Å²) in [7, 11) is 0. The van der Waals surface area contributed by atoms with Crippen molar-refractivity contribution in [2.75, 3.05) is 37.6 Å². The third-order valence-corrected chi connectivity index (χ3v) is 4.94. The van der Waals surface area contributed by atoms with E-state index in [1.165, 1.54) is 12.1 Å². The number of anilines is 1. The minimum atomic E-state index is -4.41. The van der Waals surface area contributed by atoms with Gasteiger partial charge in [-0.05, 0) is 43.7 Å². The van der Waals surface area contributed by atoms with E-state index >= 15 is 0 Å². The van der Waals surface area contributed by atoms with E-state index in [0.717, 1.165) is 43.6 Å². The molecule has 1 fully saturated rings. The summed E-state index contributed by atoms with van der Waals surface area (Å²) < 4.78 is 39.4. The Kier molecular flexibility index (Phi) is 6.51. The lowest BCUT2D eigenvalue weighted by molar-refractivity contribution is -0.138. The second-order valence-electron chi connectivity index (χ2n) is 7.19. The molecule has 28 heavy (non-hydrogen) atoms. The minimum absolute atomic E-state index is 0.0145. The number of β-amino-alcohol motifs (C(OH)–C–C–N with tert-alkyl or cyclic N) is 1. The second kappa shape index (κ2) is 8.87. The lowest BCUT2D eigenvalue weighted by atomic mass is 10.0. The quantitative estimate of drug-likeness (QED) is 0.845. The fourth-order valence-electron chi connectivity index (χ4n) is 3.53. The van der Waals surface area contributed by atoms with Crippen molar-refractivity contribution in [1.82, 2.24) is 15.1 Å². The van der Waals surface area contributed by atoms with E-state index in [0.29, 0.717) is 13.1 Å². The molecule has 2 aromatic rings. The van der Waals surface area contributed by atoms with Gasteiger partial charge in [0.05, 0.1) is 17.4 Å². The van der Waals surface area contributed by atoms with Crippen LogP contribution in [0.2, 0.25) is 0 Å². The second-order valence-corrected chi connectivity index (χ2v) is 7.19. The van der Waals surface area contributed by atoms with E-state index < -0.39 is 17.8 Å². The molecule has 0 aliphatic carbocycles. The number of benzene rings is 1. The molecule has 1 N–H and O–H groups in total. The molecule has 2 heterocycles. The van der Waals surface area contributed by atoms with Gasteiger partial charge in [0.15, 0.2) is 5.82 Å². The SMILES string of the molecule is Cc1ccc(N2CCCN(CC(O)Cc3ccccc3C(F)(F)F)CC2)nn1. The van der Waals surface area contributed by atoms with Gasteiger partial charge in [0, 0.05) is 32.6 Å². The summed E-state index contributed by atoms with van der Waals surface area (Å²) in [6.45, 7) is 5.31. The van der Waals surface area contributed by atoms with Crippen LogP contribution in [0, 0.1) is 6.92 Å². The number of aliphatic hydroxyl groups is 1. The Morgan fingerprint density at radius 1 is 1.04 bits per heavy atom. The molecule has 0 amide bonds. The van der Waals surface area contributed by atoms with Gasteiger partial charge in [-0.1, -0.05) is 18.2 Å². The number of nitrogens with zero attached hydrogens (tertiary/aromatic N) is 4. The lowest BCUT2D eigenvalue weighted by Crippen LogP contribution is -2.37. The van der Waals surface area contributed by atoms with Crippen molar-refractivity contribution in [3.8, 4) is 0 Å². The smallest absolute Gasteiger partial charge is 0.391 e. The van der Waals surface area contributed by atoms with E-state index in [4.69, 9.17) is 0 Å². The summed E-state index contributed by atoms with van der Waals surface area (Å²) in [5.74, 6) is 0.826. The molecular weight excluding hydrogens is 369 g/mol. The number of aliphatic hydroxyl groups excluding tert-OH is 1. The molecule has 0 spiro atoms. The van der Waals surface area contributed by atoms with Crippen molar-refractivity contribution in [1.29, 1.82) is 0 Å². The Balaban J connectivity index is 1.57. The molecule has 0 radical (unpaired) electrons. The lowest BCUT2D eigenvalue weighted by Gasteiger charge is -2.25. The standard InChI is InChI=1S/C20H25F3N4O/c1-15-7-8-19(25-24-15)27-10-4-9-26(11-12-27)14-17(28)13-16-5-2-3-6-18(16)20(21,22)23/h2-3,5-8,17,28H,4,9-14H2,1H3. The minimum Gasteiger partial charge on any atom is -0.391 e. The van der Waals surface area contributed by atoms with Gasteiger partial charge in [0.1, 0.15) is 0 Å². The third kappa shape index (κ3) is 5.42. The van der Waals surface area contributed by atoms with Crippen LogP contribution in [0.5, 0.6) is 0 Å². The number of rotatable bonds is 5. The van der Waals surface area contributed by atoms with Crippen LogP contribution in [0.4, 0.5) is 19.0 Å². The van der Waals surface area contributed by atoms with Crippen molar-refractivity contribution in [3.63, 3.8) is 0 Å². The van der Waals surface area contributed by atoms with Gasteiger partial charge in [0.25, 0.3) is 0 Å². The first kappa shape index (κ1) is 20.5. The Hall–Kier alpha value is -2.19. The van der Waals surface area contributed by atoms with Gasteiger partial charge in [0.2, 0.25) is 0 Å². The Bertz CT molecular complexity index is 767. The first-order valence-electron chi connectivity index (χ1n) is 9.44. The van der Waals surface area contributed by atoms with Crippen molar-refractivity contribution in [3.05, 3.63) is 53.2 Å². The summed E-state index contributed by atoms with van der Waals surface area (Å²) in [5, 5.41) is 18.7. The molecule has 1 aliphatic rings. The van der Waals surface area contributed by atoms with E-state index in [2.05, 4.69) is 20.0 Å². The van der Waals surface area contributed by atoms with E-state index in [1.807, 2.05) is 19.1 Å². The number of halogens is 3. The third-order valence-electron chi connectivity index (χ3n) is 4.94. The Morgan fingerprint density at radius 3 is 2.54 bits per heavy atom. The van der Waals surface area contributed by atoms with Gasteiger partial charge in [-0.2, -0.15) is 18.3 Å². The topological polar surface area (TPSA) is 52.5 Å². The molecule has 0 saturated carbocycles. The van der Waals surface area contributed by atoms with Crippen molar-refractivity contribution in [2.45, 2.75) is 32.0 Å². The van der Waals surface area contributed by atoms with Gasteiger partial charge in [-0.3, -0.25) is 4.90 Å². The van der Waals surface area contributed by atoms with Crippen LogP contribution < -0.4 is 4.90 Å². The van der Waals surface area contributed by atoms with Crippen molar-refractivity contribution >= 4 is 5.82 Å². The predicted molar refractivity (Wildman–Crippen MR) is 101 cm³/mol. The molecular formula is C20H25F3N4O. The molecule has 1 unspecified atom stereocenters. The predicted octanol–water partition coefficient (Wildman–Crippen LogP) is 2.92. The fraction of sp³-hybridized carbons (Fsp3) is 0.500. The zero-order valence-corrected chi connectivity index (χ0v) is 15.9. The maximum absolute atomic E-state index is 13.1. The maximum Gasteiger partial charge on any atom is 0.416 e. The Labute approximate surface area is 162 Å². The molecule has 5 nitrogen and oxygen atoms in total. The summed E-state index contributed by atoms with van der Waals surface area (Å²) >= 11 is 0. The van der Waals surface area contributed by atoms with Gasteiger partial charge >= 0.3 is 6.18 Å². The fourth-order valence-corrected chi connectivity index (χ4v) is 3.53. The summed E-state index contributed by atoms with van der Waals surface area (Å²) in [6.07, 6.45) is -4.39. The zero-order chi connectivity index (χ0) is 20.1. The molecule has 1 aromatic carbocycles. The average Bonchev–Trinajstić information content (AvgIpc) is 2.87. The molecule has 0 bridgehead atoms. The number of aryl methyl sites for hydroxylation is 1. The summed E-state index contributed by atoms with van der Waals surface area (Å²) in [6, 6.07) is 9.31. The molecule has 1 atom stereocenters. The highest BCUT2D eigenvalue weighted by atomic mass is 19.4. The van der Waals surface area contributed by atoms with Crippen molar-refractivity contribution < 1.29 is 18.3 Å². The van der Waals surface area contributed by atoms with Crippen LogP contribution in [-0.2, 0) is 12.6 Å². The van der Waals surface area contributed by atoms with E-state index in [1.54, 1.807) is 6.07 Å². The van der Waals surface area contributed by atoms with Crippen LogP contribution in [0.3, 0.4) is 0 Å². The van der Waals surface area contributed by atoms with Crippen LogP contribution in [-0.4, -0.2) is 59.0 Å². The molecule has 8 heteroatoms. The highest BCUT2D eigenvalue weighted by molar-refractivity contribution is 5.37. The molecule has 1 aromatic heterocycles. The van der Waals surface area contributed by atoms with Gasteiger partial charge in [-0.15, -0.1) is 5.10 Å². The number of alkyl halides is 3. The monoisotopic (exact) mass is 394 g/mol. The summed E-state index contributed by atoms with van der Waals surface area (Å²) in [4.78, 5) is 4.25.